The standard InChI is InChI=1S/C13H19ClFNO/c1-3-8(2)13(17)10(7-16)9-5-4-6-11(14)12(9)15/h4-6,8,10,13,17H,3,7,16H2,1-2H3. The summed E-state index contributed by atoms with van der Waals surface area (Å²) in [5, 5.41) is 10.2. The Labute approximate surface area is 107 Å². The minimum atomic E-state index is -0.655. The molecule has 1 rings (SSSR count). The van der Waals surface area contributed by atoms with Gasteiger partial charge in [0.2, 0.25) is 0 Å². The van der Waals surface area contributed by atoms with E-state index in [0.29, 0.717) is 5.56 Å². The molecular formula is C13H19ClFNO. The Balaban J connectivity index is 3.05. The SMILES string of the molecule is CCC(C)C(O)C(CN)c1cccc(Cl)c1F. The molecule has 4 heteroatoms. The number of aliphatic hydroxyl groups excluding tert-OH is 1. The van der Waals surface area contributed by atoms with Crippen LogP contribution in [-0.2, 0) is 0 Å². The predicted octanol–water partition coefficient (Wildman–Crippen LogP) is 2.93. The Bertz CT molecular complexity index is 372. The van der Waals surface area contributed by atoms with Crippen LogP contribution in [-0.4, -0.2) is 17.8 Å². The van der Waals surface area contributed by atoms with Crippen LogP contribution in [0.4, 0.5) is 4.39 Å². The largest absolute Gasteiger partial charge is 0.392 e. The van der Waals surface area contributed by atoms with Crippen molar-refractivity contribution in [2.24, 2.45) is 11.7 Å². The van der Waals surface area contributed by atoms with Crippen LogP contribution in [0.3, 0.4) is 0 Å². The molecule has 96 valence electrons. The fraction of sp³-hybridized carbons (Fsp3) is 0.538. The Morgan fingerprint density at radius 2 is 2.12 bits per heavy atom. The summed E-state index contributed by atoms with van der Waals surface area (Å²) in [4.78, 5) is 0. The molecule has 0 amide bonds. The summed E-state index contributed by atoms with van der Waals surface area (Å²) >= 11 is 5.74. The van der Waals surface area contributed by atoms with Crippen molar-refractivity contribution in [3.63, 3.8) is 0 Å². The van der Waals surface area contributed by atoms with E-state index < -0.39 is 17.8 Å². The van der Waals surface area contributed by atoms with Crippen LogP contribution in [0, 0.1) is 11.7 Å². The molecule has 0 bridgehead atoms. The summed E-state index contributed by atoms with van der Waals surface area (Å²) in [7, 11) is 0. The van der Waals surface area contributed by atoms with Crippen molar-refractivity contribution in [2.75, 3.05) is 6.54 Å². The second-order valence-corrected chi connectivity index (χ2v) is 4.77. The maximum absolute atomic E-state index is 13.9. The summed E-state index contributed by atoms with van der Waals surface area (Å²) in [5.41, 5.74) is 6.04. The fourth-order valence-electron chi connectivity index (χ4n) is 1.90. The van der Waals surface area contributed by atoms with Gasteiger partial charge in [0.25, 0.3) is 0 Å². The van der Waals surface area contributed by atoms with Crippen LogP contribution >= 0.6 is 11.6 Å². The van der Waals surface area contributed by atoms with E-state index in [9.17, 15) is 9.50 Å². The van der Waals surface area contributed by atoms with Crippen molar-refractivity contribution < 1.29 is 9.50 Å². The lowest BCUT2D eigenvalue weighted by Crippen LogP contribution is -2.31. The number of rotatable bonds is 5. The molecule has 1 aromatic carbocycles. The number of hydrogen-bond acceptors (Lipinski definition) is 2. The van der Waals surface area contributed by atoms with Crippen LogP contribution in [0.25, 0.3) is 0 Å². The molecule has 17 heavy (non-hydrogen) atoms. The number of hydrogen-bond donors (Lipinski definition) is 2. The van der Waals surface area contributed by atoms with Gasteiger partial charge in [0.05, 0.1) is 11.1 Å². The lowest BCUT2D eigenvalue weighted by atomic mass is 9.85. The number of benzene rings is 1. The summed E-state index contributed by atoms with van der Waals surface area (Å²) in [5.74, 6) is -0.822. The van der Waals surface area contributed by atoms with E-state index in [0.717, 1.165) is 6.42 Å². The van der Waals surface area contributed by atoms with E-state index in [2.05, 4.69) is 0 Å². The summed E-state index contributed by atoms with van der Waals surface area (Å²) in [6.45, 7) is 4.11. The van der Waals surface area contributed by atoms with Gasteiger partial charge in [0.15, 0.2) is 0 Å². The molecule has 3 N–H and O–H groups in total. The quantitative estimate of drug-likeness (QED) is 0.854. The van der Waals surface area contributed by atoms with E-state index in [-0.39, 0.29) is 17.5 Å². The molecule has 3 unspecified atom stereocenters. The molecule has 1 aromatic rings. The summed E-state index contributed by atoms with van der Waals surface area (Å²) < 4.78 is 13.9. The third-order valence-electron chi connectivity index (χ3n) is 3.27. The average Bonchev–Trinajstić information content (AvgIpc) is 2.34. The van der Waals surface area contributed by atoms with E-state index in [1.807, 2.05) is 13.8 Å². The molecule has 0 radical (unpaired) electrons. The zero-order valence-corrected chi connectivity index (χ0v) is 10.9. The number of aliphatic hydroxyl groups is 1. The highest BCUT2D eigenvalue weighted by Crippen LogP contribution is 2.29. The Kier molecular flexibility index (Phi) is 5.37. The number of halogens is 2. The maximum atomic E-state index is 13.9. The lowest BCUT2D eigenvalue weighted by Gasteiger charge is -2.27. The smallest absolute Gasteiger partial charge is 0.145 e. The minimum absolute atomic E-state index is 0.0669. The average molecular weight is 260 g/mol. The minimum Gasteiger partial charge on any atom is -0.392 e. The molecule has 0 saturated carbocycles. The highest BCUT2D eigenvalue weighted by Gasteiger charge is 2.27. The van der Waals surface area contributed by atoms with Crippen molar-refractivity contribution in [2.45, 2.75) is 32.3 Å². The first-order valence-electron chi connectivity index (χ1n) is 5.84. The molecule has 0 aliphatic carbocycles. The van der Waals surface area contributed by atoms with E-state index in [4.69, 9.17) is 17.3 Å². The molecule has 0 spiro atoms. The van der Waals surface area contributed by atoms with Gasteiger partial charge in [-0.2, -0.15) is 0 Å². The molecule has 0 aliphatic heterocycles. The Morgan fingerprint density at radius 3 is 2.65 bits per heavy atom. The lowest BCUT2D eigenvalue weighted by molar-refractivity contribution is 0.0874. The molecule has 2 nitrogen and oxygen atoms in total. The highest BCUT2D eigenvalue weighted by atomic mass is 35.5. The van der Waals surface area contributed by atoms with Crippen LogP contribution in [0.5, 0.6) is 0 Å². The van der Waals surface area contributed by atoms with Gasteiger partial charge in [0, 0.05) is 12.5 Å². The topological polar surface area (TPSA) is 46.2 Å². The first-order chi connectivity index (χ1) is 8.02. The predicted molar refractivity (Wildman–Crippen MR) is 68.7 cm³/mol. The summed E-state index contributed by atoms with van der Waals surface area (Å²) in [6, 6.07) is 4.79. The molecule has 0 aliphatic rings. The van der Waals surface area contributed by atoms with Crippen molar-refractivity contribution >= 4 is 11.6 Å². The second kappa shape index (κ2) is 6.34. The van der Waals surface area contributed by atoms with E-state index in [1.165, 1.54) is 6.07 Å². The molecule has 0 saturated heterocycles. The maximum Gasteiger partial charge on any atom is 0.145 e. The van der Waals surface area contributed by atoms with E-state index in [1.54, 1.807) is 12.1 Å². The zero-order valence-electron chi connectivity index (χ0n) is 10.2. The summed E-state index contributed by atoms with van der Waals surface area (Å²) in [6.07, 6.45) is 0.165. The van der Waals surface area contributed by atoms with Crippen LogP contribution < -0.4 is 5.73 Å². The normalized spacial score (nSPS) is 16.6. The third-order valence-corrected chi connectivity index (χ3v) is 3.57. The molecule has 0 aromatic heterocycles. The van der Waals surface area contributed by atoms with Gasteiger partial charge in [-0.3, -0.25) is 0 Å². The third kappa shape index (κ3) is 3.18. The fourth-order valence-corrected chi connectivity index (χ4v) is 2.08. The molecule has 0 fully saturated rings. The van der Waals surface area contributed by atoms with Crippen molar-refractivity contribution in [1.29, 1.82) is 0 Å². The first-order valence-corrected chi connectivity index (χ1v) is 6.22. The van der Waals surface area contributed by atoms with Gasteiger partial charge in [0.1, 0.15) is 5.82 Å². The van der Waals surface area contributed by atoms with Crippen LogP contribution in [0.15, 0.2) is 18.2 Å². The van der Waals surface area contributed by atoms with Gasteiger partial charge in [-0.05, 0) is 17.5 Å². The Morgan fingerprint density at radius 1 is 1.47 bits per heavy atom. The van der Waals surface area contributed by atoms with Crippen molar-refractivity contribution in [3.05, 3.63) is 34.6 Å². The monoisotopic (exact) mass is 259 g/mol. The van der Waals surface area contributed by atoms with Crippen molar-refractivity contribution in [1.82, 2.24) is 0 Å². The molecule has 0 heterocycles. The van der Waals surface area contributed by atoms with Gasteiger partial charge in [-0.25, -0.2) is 4.39 Å². The van der Waals surface area contributed by atoms with Gasteiger partial charge >= 0.3 is 0 Å². The van der Waals surface area contributed by atoms with E-state index >= 15 is 0 Å². The second-order valence-electron chi connectivity index (χ2n) is 4.36. The first kappa shape index (κ1) is 14.4. The van der Waals surface area contributed by atoms with Crippen LogP contribution in [0.1, 0.15) is 31.7 Å². The van der Waals surface area contributed by atoms with Crippen molar-refractivity contribution in [3.8, 4) is 0 Å². The van der Waals surface area contributed by atoms with Crippen LogP contribution in [0.2, 0.25) is 5.02 Å². The van der Waals surface area contributed by atoms with Gasteiger partial charge in [-0.15, -0.1) is 0 Å². The Hall–Kier alpha value is -0.640. The van der Waals surface area contributed by atoms with Gasteiger partial charge in [-0.1, -0.05) is 44.0 Å². The highest BCUT2D eigenvalue weighted by molar-refractivity contribution is 6.30. The number of nitrogens with two attached hydrogens (primary N) is 1. The zero-order chi connectivity index (χ0) is 13.0. The molecule has 3 atom stereocenters. The van der Waals surface area contributed by atoms with Gasteiger partial charge < -0.3 is 10.8 Å². The molecular weight excluding hydrogens is 241 g/mol.